The van der Waals surface area contributed by atoms with Crippen molar-refractivity contribution in [3.05, 3.63) is 52.5 Å². The zero-order valence-corrected chi connectivity index (χ0v) is 12.9. The summed E-state index contributed by atoms with van der Waals surface area (Å²) in [4.78, 5) is 0.169. The van der Waals surface area contributed by atoms with Crippen LogP contribution < -0.4 is 10.0 Å². The molecule has 7 heteroatoms. The summed E-state index contributed by atoms with van der Waals surface area (Å²) >= 11 is 11.6. The van der Waals surface area contributed by atoms with Gasteiger partial charge in [0.2, 0.25) is 0 Å². The fourth-order valence-corrected chi connectivity index (χ4v) is 2.92. The van der Waals surface area contributed by atoms with Crippen LogP contribution in [0, 0.1) is 0 Å². The maximum atomic E-state index is 12.2. The standard InChI is InChI=1S/C13H12Cl2N2O2S/c1-16-9-2-5-11(6-3-9)20(18,19)17-10-4-7-12(14)13(15)8-10/h2-8,16-17H,1H3. The van der Waals surface area contributed by atoms with Crippen molar-refractivity contribution in [2.75, 3.05) is 17.1 Å². The third-order valence-electron chi connectivity index (χ3n) is 2.63. The maximum absolute atomic E-state index is 12.2. The molecule has 0 saturated heterocycles. The van der Waals surface area contributed by atoms with E-state index in [2.05, 4.69) is 10.0 Å². The van der Waals surface area contributed by atoms with Crippen LogP contribution >= 0.6 is 23.2 Å². The van der Waals surface area contributed by atoms with Crippen LogP contribution in [0.2, 0.25) is 10.0 Å². The normalized spacial score (nSPS) is 11.2. The minimum atomic E-state index is -3.65. The summed E-state index contributed by atoms with van der Waals surface area (Å²) in [5, 5.41) is 3.58. The lowest BCUT2D eigenvalue weighted by Crippen LogP contribution is -2.12. The predicted molar refractivity (Wildman–Crippen MR) is 83.3 cm³/mol. The molecule has 20 heavy (non-hydrogen) atoms. The van der Waals surface area contributed by atoms with Crippen molar-refractivity contribution in [1.29, 1.82) is 0 Å². The quantitative estimate of drug-likeness (QED) is 0.895. The molecule has 0 atom stereocenters. The Kier molecular flexibility index (Phi) is 4.42. The van der Waals surface area contributed by atoms with Gasteiger partial charge in [0.15, 0.2) is 0 Å². The highest BCUT2D eigenvalue weighted by atomic mass is 35.5. The second-order valence-electron chi connectivity index (χ2n) is 4.01. The Balaban J connectivity index is 2.27. The van der Waals surface area contributed by atoms with Gasteiger partial charge in [-0.3, -0.25) is 4.72 Å². The van der Waals surface area contributed by atoms with Crippen LogP contribution in [0.25, 0.3) is 0 Å². The molecule has 0 saturated carbocycles. The number of hydrogen-bond donors (Lipinski definition) is 2. The average molecular weight is 331 g/mol. The molecule has 0 radical (unpaired) electrons. The molecular weight excluding hydrogens is 319 g/mol. The maximum Gasteiger partial charge on any atom is 0.261 e. The van der Waals surface area contributed by atoms with Crippen molar-refractivity contribution in [3.63, 3.8) is 0 Å². The molecule has 0 aliphatic heterocycles. The smallest absolute Gasteiger partial charge is 0.261 e. The van der Waals surface area contributed by atoms with Gasteiger partial charge in [-0.2, -0.15) is 0 Å². The van der Waals surface area contributed by atoms with Crippen molar-refractivity contribution in [3.8, 4) is 0 Å². The highest BCUT2D eigenvalue weighted by Crippen LogP contribution is 2.26. The van der Waals surface area contributed by atoms with E-state index in [1.54, 1.807) is 25.2 Å². The summed E-state index contributed by atoms with van der Waals surface area (Å²) in [6.45, 7) is 0. The first-order valence-corrected chi connectivity index (χ1v) is 7.92. The monoisotopic (exact) mass is 330 g/mol. The van der Waals surface area contributed by atoms with Gasteiger partial charge in [-0.05, 0) is 42.5 Å². The van der Waals surface area contributed by atoms with E-state index < -0.39 is 10.0 Å². The predicted octanol–water partition coefficient (Wildman–Crippen LogP) is 3.84. The molecule has 0 heterocycles. The molecule has 0 spiro atoms. The van der Waals surface area contributed by atoms with Gasteiger partial charge in [0.05, 0.1) is 20.6 Å². The first-order valence-electron chi connectivity index (χ1n) is 5.68. The first-order chi connectivity index (χ1) is 9.42. The minimum Gasteiger partial charge on any atom is -0.388 e. The van der Waals surface area contributed by atoms with Gasteiger partial charge in [0.25, 0.3) is 10.0 Å². The second-order valence-corrected chi connectivity index (χ2v) is 6.51. The highest BCUT2D eigenvalue weighted by molar-refractivity contribution is 7.92. The molecule has 106 valence electrons. The molecule has 2 rings (SSSR count). The van der Waals surface area contributed by atoms with Crippen LogP contribution in [0.4, 0.5) is 11.4 Å². The third kappa shape index (κ3) is 3.36. The molecule has 0 bridgehead atoms. The van der Waals surface area contributed by atoms with Crippen LogP contribution in [-0.2, 0) is 10.0 Å². The van der Waals surface area contributed by atoms with Crippen molar-refractivity contribution in [2.24, 2.45) is 0 Å². The van der Waals surface area contributed by atoms with Gasteiger partial charge < -0.3 is 5.32 Å². The third-order valence-corrected chi connectivity index (χ3v) is 4.76. The first kappa shape index (κ1) is 15.0. The van der Waals surface area contributed by atoms with E-state index in [4.69, 9.17) is 23.2 Å². The fraction of sp³-hybridized carbons (Fsp3) is 0.0769. The number of halogens is 2. The van der Waals surface area contributed by atoms with Crippen molar-refractivity contribution < 1.29 is 8.42 Å². The van der Waals surface area contributed by atoms with Gasteiger partial charge in [-0.1, -0.05) is 23.2 Å². The number of rotatable bonds is 4. The van der Waals surface area contributed by atoms with Crippen molar-refractivity contribution in [1.82, 2.24) is 0 Å². The second kappa shape index (κ2) is 5.91. The largest absolute Gasteiger partial charge is 0.388 e. The zero-order valence-electron chi connectivity index (χ0n) is 10.5. The molecule has 0 aromatic heterocycles. The molecule has 2 N–H and O–H groups in total. The lowest BCUT2D eigenvalue weighted by Gasteiger charge is -2.09. The Hall–Kier alpha value is -1.43. The van der Waals surface area contributed by atoms with E-state index >= 15 is 0 Å². The summed E-state index contributed by atoms with van der Waals surface area (Å²) in [6.07, 6.45) is 0. The summed E-state index contributed by atoms with van der Waals surface area (Å²) in [5.74, 6) is 0. The summed E-state index contributed by atoms with van der Waals surface area (Å²) in [6, 6.07) is 11.0. The van der Waals surface area contributed by atoms with E-state index in [-0.39, 0.29) is 9.92 Å². The number of anilines is 2. The van der Waals surface area contributed by atoms with Crippen LogP contribution in [0.5, 0.6) is 0 Å². The molecule has 0 aliphatic rings. The highest BCUT2D eigenvalue weighted by Gasteiger charge is 2.14. The topological polar surface area (TPSA) is 58.2 Å². The van der Waals surface area contributed by atoms with E-state index in [0.717, 1.165) is 5.69 Å². The van der Waals surface area contributed by atoms with E-state index in [1.165, 1.54) is 24.3 Å². The number of benzene rings is 2. The molecule has 4 nitrogen and oxygen atoms in total. The number of sulfonamides is 1. The average Bonchev–Trinajstić information content (AvgIpc) is 2.43. The lowest BCUT2D eigenvalue weighted by atomic mass is 10.3. The molecule has 0 aliphatic carbocycles. The Morgan fingerprint density at radius 2 is 1.50 bits per heavy atom. The van der Waals surface area contributed by atoms with Crippen LogP contribution in [0.3, 0.4) is 0 Å². The van der Waals surface area contributed by atoms with Gasteiger partial charge in [0.1, 0.15) is 0 Å². The van der Waals surface area contributed by atoms with Crippen molar-refractivity contribution in [2.45, 2.75) is 4.90 Å². The summed E-state index contributed by atoms with van der Waals surface area (Å²) in [7, 11) is -1.89. The summed E-state index contributed by atoms with van der Waals surface area (Å²) < 4.78 is 26.8. The van der Waals surface area contributed by atoms with Crippen LogP contribution in [0.1, 0.15) is 0 Å². The molecule has 2 aromatic rings. The van der Waals surface area contributed by atoms with Gasteiger partial charge in [-0.25, -0.2) is 8.42 Å². The minimum absolute atomic E-state index is 0.169. The van der Waals surface area contributed by atoms with Crippen molar-refractivity contribution >= 4 is 44.6 Å². The SMILES string of the molecule is CNc1ccc(S(=O)(=O)Nc2ccc(Cl)c(Cl)c2)cc1. The van der Waals surface area contributed by atoms with E-state index in [9.17, 15) is 8.42 Å². The Morgan fingerprint density at radius 3 is 2.05 bits per heavy atom. The van der Waals surface area contributed by atoms with Crippen LogP contribution in [-0.4, -0.2) is 15.5 Å². The molecule has 0 fully saturated rings. The van der Waals surface area contributed by atoms with E-state index in [1.807, 2.05) is 0 Å². The Morgan fingerprint density at radius 1 is 0.900 bits per heavy atom. The molecule has 0 unspecified atom stereocenters. The molecule has 2 aromatic carbocycles. The Bertz CT molecular complexity index is 716. The van der Waals surface area contributed by atoms with E-state index in [0.29, 0.717) is 10.7 Å². The molecular formula is C13H12Cl2N2O2S. The number of nitrogens with one attached hydrogen (secondary N) is 2. The Labute approximate surface area is 127 Å². The van der Waals surface area contributed by atoms with Gasteiger partial charge in [0, 0.05) is 12.7 Å². The molecule has 0 amide bonds. The zero-order chi connectivity index (χ0) is 14.8. The van der Waals surface area contributed by atoms with Crippen LogP contribution in [0.15, 0.2) is 47.4 Å². The number of hydrogen-bond acceptors (Lipinski definition) is 3. The van der Waals surface area contributed by atoms with Gasteiger partial charge in [-0.15, -0.1) is 0 Å². The lowest BCUT2D eigenvalue weighted by molar-refractivity contribution is 0.601. The fourth-order valence-electron chi connectivity index (χ4n) is 1.57. The van der Waals surface area contributed by atoms with Gasteiger partial charge >= 0.3 is 0 Å². The summed E-state index contributed by atoms with van der Waals surface area (Å²) in [5.41, 5.74) is 1.19.